The van der Waals surface area contributed by atoms with Crippen LogP contribution in [0.3, 0.4) is 0 Å². The van der Waals surface area contributed by atoms with E-state index in [0.717, 1.165) is 13.0 Å². The lowest BCUT2D eigenvalue weighted by Crippen LogP contribution is -2.52. The highest BCUT2D eigenvalue weighted by Gasteiger charge is 2.29. The van der Waals surface area contributed by atoms with Crippen molar-refractivity contribution in [2.75, 3.05) is 26.3 Å². The zero-order valence-electron chi connectivity index (χ0n) is 8.70. The first-order valence-corrected chi connectivity index (χ1v) is 5.41. The van der Waals surface area contributed by atoms with Gasteiger partial charge in [0.05, 0.1) is 0 Å². The van der Waals surface area contributed by atoms with Crippen molar-refractivity contribution in [1.29, 1.82) is 0 Å². The molecule has 2 aliphatic heterocycles. The summed E-state index contributed by atoms with van der Waals surface area (Å²) < 4.78 is 4.85. The summed E-state index contributed by atoms with van der Waals surface area (Å²) in [4.78, 5) is 24.2. The van der Waals surface area contributed by atoms with Gasteiger partial charge in [0.1, 0.15) is 13.2 Å². The monoisotopic (exact) mass is 212 g/mol. The van der Waals surface area contributed by atoms with Crippen LogP contribution in [0.25, 0.3) is 0 Å². The first kappa shape index (κ1) is 10.6. The molecule has 84 valence electrons. The summed E-state index contributed by atoms with van der Waals surface area (Å²) >= 11 is 0. The lowest BCUT2D eigenvalue weighted by Gasteiger charge is -2.31. The molecule has 5 nitrogen and oxygen atoms in total. The van der Waals surface area contributed by atoms with Crippen molar-refractivity contribution in [2.24, 2.45) is 0 Å². The van der Waals surface area contributed by atoms with Crippen LogP contribution in [0.15, 0.2) is 0 Å². The predicted octanol–water partition coefficient (Wildman–Crippen LogP) is -0.486. The SMILES string of the molecule is O=C1COCC(=O)N1CC1CCCCN1. The number of piperidine rings is 1. The van der Waals surface area contributed by atoms with E-state index in [-0.39, 0.29) is 31.1 Å². The van der Waals surface area contributed by atoms with Gasteiger partial charge in [-0.3, -0.25) is 14.5 Å². The van der Waals surface area contributed by atoms with Crippen molar-refractivity contribution < 1.29 is 14.3 Å². The smallest absolute Gasteiger partial charge is 0.255 e. The molecule has 5 heteroatoms. The third-order valence-electron chi connectivity index (χ3n) is 2.87. The van der Waals surface area contributed by atoms with Gasteiger partial charge in [-0.05, 0) is 19.4 Å². The minimum atomic E-state index is -0.210. The van der Waals surface area contributed by atoms with Crippen LogP contribution in [0.5, 0.6) is 0 Å². The second-order valence-electron chi connectivity index (χ2n) is 4.04. The molecular formula is C10H16N2O3. The lowest BCUT2D eigenvalue weighted by atomic mass is 10.0. The Labute approximate surface area is 88.8 Å². The number of amides is 2. The normalized spacial score (nSPS) is 28.3. The van der Waals surface area contributed by atoms with Crippen molar-refractivity contribution in [3.05, 3.63) is 0 Å². The molecule has 0 aliphatic carbocycles. The number of imide groups is 1. The number of nitrogens with one attached hydrogen (secondary N) is 1. The molecule has 1 unspecified atom stereocenters. The molecule has 2 heterocycles. The molecule has 0 aromatic carbocycles. The Hall–Kier alpha value is -0.940. The fourth-order valence-electron chi connectivity index (χ4n) is 2.02. The van der Waals surface area contributed by atoms with Gasteiger partial charge in [0.25, 0.3) is 11.8 Å². The summed E-state index contributed by atoms with van der Waals surface area (Å²) in [7, 11) is 0. The van der Waals surface area contributed by atoms with Crippen LogP contribution in [-0.2, 0) is 14.3 Å². The number of nitrogens with zero attached hydrogens (tertiary/aromatic N) is 1. The average Bonchev–Trinajstić information content (AvgIpc) is 2.25. The van der Waals surface area contributed by atoms with E-state index >= 15 is 0 Å². The second-order valence-corrected chi connectivity index (χ2v) is 4.04. The number of carbonyl (C=O) groups is 2. The minimum absolute atomic E-state index is 0.0401. The van der Waals surface area contributed by atoms with Crippen LogP contribution in [0, 0.1) is 0 Å². The lowest BCUT2D eigenvalue weighted by molar-refractivity contribution is -0.158. The maximum atomic E-state index is 11.4. The molecule has 0 bridgehead atoms. The Morgan fingerprint density at radius 2 is 2.00 bits per heavy atom. The molecule has 2 rings (SSSR count). The molecule has 1 atom stereocenters. The van der Waals surface area contributed by atoms with E-state index in [9.17, 15) is 9.59 Å². The number of ether oxygens (including phenoxy) is 1. The topological polar surface area (TPSA) is 58.6 Å². The molecule has 15 heavy (non-hydrogen) atoms. The Morgan fingerprint density at radius 1 is 1.27 bits per heavy atom. The van der Waals surface area contributed by atoms with Crippen LogP contribution in [0.4, 0.5) is 0 Å². The Balaban J connectivity index is 1.90. The maximum absolute atomic E-state index is 11.4. The van der Waals surface area contributed by atoms with E-state index in [2.05, 4.69) is 5.32 Å². The summed E-state index contributed by atoms with van der Waals surface area (Å²) in [6.07, 6.45) is 3.39. The highest BCUT2D eigenvalue weighted by molar-refractivity contribution is 5.98. The van der Waals surface area contributed by atoms with Gasteiger partial charge >= 0.3 is 0 Å². The molecule has 2 fully saturated rings. The summed E-state index contributed by atoms with van der Waals surface area (Å²) in [5.41, 5.74) is 0. The molecule has 2 aliphatic rings. The summed E-state index contributed by atoms with van der Waals surface area (Å²) in [6, 6.07) is 0.268. The van der Waals surface area contributed by atoms with Crippen LogP contribution in [-0.4, -0.2) is 49.1 Å². The Morgan fingerprint density at radius 3 is 2.60 bits per heavy atom. The molecule has 0 spiro atoms. The van der Waals surface area contributed by atoms with Crippen LogP contribution in [0.1, 0.15) is 19.3 Å². The van der Waals surface area contributed by atoms with Crippen molar-refractivity contribution in [3.63, 3.8) is 0 Å². The standard InChI is InChI=1S/C10H16N2O3/c13-9-6-15-7-10(14)12(9)5-8-3-1-2-4-11-8/h8,11H,1-7H2. The quantitative estimate of drug-likeness (QED) is 0.628. The van der Waals surface area contributed by atoms with Gasteiger partial charge in [0, 0.05) is 12.6 Å². The highest BCUT2D eigenvalue weighted by Crippen LogP contribution is 2.10. The van der Waals surface area contributed by atoms with Gasteiger partial charge in [-0.15, -0.1) is 0 Å². The zero-order valence-corrected chi connectivity index (χ0v) is 8.70. The second kappa shape index (κ2) is 4.72. The van der Waals surface area contributed by atoms with Gasteiger partial charge in [0.15, 0.2) is 0 Å². The van der Waals surface area contributed by atoms with E-state index in [1.165, 1.54) is 17.7 Å². The number of carbonyl (C=O) groups excluding carboxylic acids is 2. The number of hydrogen-bond donors (Lipinski definition) is 1. The zero-order chi connectivity index (χ0) is 10.7. The summed E-state index contributed by atoms with van der Waals surface area (Å²) in [5.74, 6) is -0.419. The fourth-order valence-corrected chi connectivity index (χ4v) is 2.02. The Bertz CT molecular complexity index is 245. The molecule has 2 amide bonds. The molecular weight excluding hydrogens is 196 g/mol. The third-order valence-corrected chi connectivity index (χ3v) is 2.87. The molecule has 0 aromatic rings. The van der Waals surface area contributed by atoms with Gasteiger partial charge < -0.3 is 10.1 Å². The van der Waals surface area contributed by atoms with Crippen molar-refractivity contribution >= 4 is 11.8 Å². The van der Waals surface area contributed by atoms with Gasteiger partial charge in [0.2, 0.25) is 0 Å². The number of rotatable bonds is 2. The minimum Gasteiger partial charge on any atom is -0.362 e. The van der Waals surface area contributed by atoms with E-state index in [1.54, 1.807) is 0 Å². The van der Waals surface area contributed by atoms with Gasteiger partial charge in [-0.25, -0.2) is 0 Å². The number of morpholine rings is 1. The van der Waals surface area contributed by atoms with Crippen LogP contribution >= 0.6 is 0 Å². The van der Waals surface area contributed by atoms with Gasteiger partial charge in [-0.2, -0.15) is 0 Å². The van der Waals surface area contributed by atoms with Crippen LogP contribution in [0.2, 0.25) is 0 Å². The van der Waals surface area contributed by atoms with E-state index in [0.29, 0.717) is 6.54 Å². The largest absolute Gasteiger partial charge is 0.362 e. The van der Waals surface area contributed by atoms with Crippen molar-refractivity contribution in [1.82, 2.24) is 10.2 Å². The molecule has 0 aromatic heterocycles. The molecule has 2 saturated heterocycles. The van der Waals surface area contributed by atoms with Crippen molar-refractivity contribution in [3.8, 4) is 0 Å². The predicted molar refractivity (Wildman–Crippen MR) is 53.2 cm³/mol. The summed E-state index contributed by atoms with van der Waals surface area (Å²) in [5, 5.41) is 3.32. The van der Waals surface area contributed by atoms with Crippen LogP contribution < -0.4 is 5.32 Å². The molecule has 1 N–H and O–H groups in total. The molecule has 0 radical (unpaired) electrons. The van der Waals surface area contributed by atoms with Crippen molar-refractivity contribution in [2.45, 2.75) is 25.3 Å². The van der Waals surface area contributed by atoms with E-state index in [1.807, 2.05) is 0 Å². The van der Waals surface area contributed by atoms with Gasteiger partial charge in [-0.1, -0.05) is 6.42 Å². The number of hydrogen-bond acceptors (Lipinski definition) is 4. The average molecular weight is 212 g/mol. The molecule has 0 saturated carbocycles. The third kappa shape index (κ3) is 2.54. The fraction of sp³-hybridized carbons (Fsp3) is 0.800. The Kier molecular flexibility index (Phi) is 3.33. The highest BCUT2D eigenvalue weighted by atomic mass is 16.5. The van der Waals surface area contributed by atoms with E-state index in [4.69, 9.17) is 4.74 Å². The van der Waals surface area contributed by atoms with E-state index < -0.39 is 0 Å². The maximum Gasteiger partial charge on any atom is 0.255 e. The summed E-state index contributed by atoms with van der Waals surface area (Å²) in [6.45, 7) is 1.56. The first-order valence-electron chi connectivity index (χ1n) is 5.41. The first-order chi connectivity index (χ1) is 7.27.